The predicted octanol–water partition coefficient (Wildman–Crippen LogP) is 2.63. The number of H-pyrrole nitrogens is 1. The molecule has 11 heteroatoms. The third-order valence-electron chi connectivity index (χ3n) is 5.45. The van der Waals surface area contributed by atoms with Crippen molar-refractivity contribution in [1.82, 2.24) is 28.9 Å². The van der Waals surface area contributed by atoms with E-state index in [1.807, 2.05) is 13.8 Å². The number of aromatic amines is 1. The van der Waals surface area contributed by atoms with Gasteiger partial charge in [0.25, 0.3) is 5.56 Å². The number of amides is 1. The highest BCUT2D eigenvalue weighted by atomic mass is 19.1. The first-order valence-electron chi connectivity index (χ1n) is 11.6. The van der Waals surface area contributed by atoms with E-state index < -0.39 is 11.4 Å². The van der Waals surface area contributed by atoms with E-state index in [1.54, 1.807) is 25.2 Å². The molecule has 10 nitrogen and oxygen atoms in total. The lowest BCUT2D eigenvalue weighted by Crippen LogP contribution is -2.40. The monoisotopic (exact) mass is 491 g/mol. The Morgan fingerprint density at radius 1 is 1.14 bits per heavy atom. The number of fused-ring (bicyclic) bond motifs is 1. The predicted molar refractivity (Wildman–Crippen MR) is 134 cm³/mol. The number of hydrogen-bond donors (Lipinski definition) is 2. The van der Waals surface area contributed by atoms with Crippen LogP contribution in [-0.2, 0) is 24.9 Å². The summed E-state index contributed by atoms with van der Waals surface area (Å²) in [5.74, 6) is 5.43. The maximum Gasteiger partial charge on any atom is 0.332 e. The SMILES string of the molecule is CCCn1c(=O)c2[nH]c(-c3cc(NC(=O)CC#Cc4cccc(F)c4)n(C)n3)nc2n(CCC)c1=O. The van der Waals surface area contributed by atoms with E-state index in [9.17, 15) is 18.8 Å². The standard InChI is InChI=1S/C25H26FN7O3/c1-4-12-32-23-21(24(35)33(13-5-2)25(32)36)28-22(29-23)18-15-19(31(3)30-18)27-20(34)11-7-9-16-8-6-10-17(26)14-16/h6,8,10,14-15H,4-5,11-13H2,1-3H3,(H,27,34)(H,28,29). The fraction of sp³-hybridized carbons (Fsp3) is 0.320. The molecular weight excluding hydrogens is 465 g/mol. The van der Waals surface area contributed by atoms with Crippen LogP contribution in [0.4, 0.5) is 10.2 Å². The highest BCUT2D eigenvalue weighted by molar-refractivity contribution is 5.92. The van der Waals surface area contributed by atoms with E-state index >= 15 is 0 Å². The second-order valence-corrected chi connectivity index (χ2v) is 8.25. The van der Waals surface area contributed by atoms with Crippen molar-refractivity contribution in [2.75, 3.05) is 5.32 Å². The molecule has 0 unspecified atom stereocenters. The van der Waals surface area contributed by atoms with Crippen LogP contribution < -0.4 is 16.6 Å². The van der Waals surface area contributed by atoms with Gasteiger partial charge in [-0.15, -0.1) is 0 Å². The lowest BCUT2D eigenvalue weighted by atomic mass is 10.2. The molecule has 0 saturated heterocycles. The van der Waals surface area contributed by atoms with Gasteiger partial charge in [0.15, 0.2) is 11.5 Å². The molecule has 186 valence electrons. The molecule has 0 atom stereocenters. The topological polar surface area (TPSA) is 120 Å². The van der Waals surface area contributed by atoms with Crippen molar-refractivity contribution in [2.24, 2.45) is 7.05 Å². The second-order valence-electron chi connectivity index (χ2n) is 8.25. The van der Waals surface area contributed by atoms with Crippen LogP contribution in [0.3, 0.4) is 0 Å². The third kappa shape index (κ3) is 4.98. The Morgan fingerprint density at radius 2 is 1.89 bits per heavy atom. The smallest absolute Gasteiger partial charge is 0.331 e. The molecule has 0 spiro atoms. The van der Waals surface area contributed by atoms with E-state index in [0.29, 0.717) is 48.8 Å². The molecule has 36 heavy (non-hydrogen) atoms. The summed E-state index contributed by atoms with van der Waals surface area (Å²) >= 11 is 0. The average molecular weight is 492 g/mol. The zero-order valence-electron chi connectivity index (χ0n) is 20.3. The summed E-state index contributed by atoms with van der Waals surface area (Å²) in [5.41, 5.74) is 0.571. The number of carbonyl (C=O) groups excluding carboxylic acids is 1. The van der Waals surface area contributed by atoms with Gasteiger partial charge in [-0.05, 0) is 31.0 Å². The molecule has 1 aromatic carbocycles. The third-order valence-corrected chi connectivity index (χ3v) is 5.45. The minimum atomic E-state index is -0.427. The molecule has 4 aromatic rings. The van der Waals surface area contributed by atoms with Gasteiger partial charge in [0.1, 0.15) is 22.8 Å². The second kappa shape index (κ2) is 10.4. The summed E-state index contributed by atoms with van der Waals surface area (Å²) < 4.78 is 17.4. The molecule has 1 amide bonds. The van der Waals surface area contributed by atoms with Crippen LogP contribution in [0.2, 0.25) is 0 Å². The Labute approximate surface area is 205 Å². The van der Waals surface area contributed by atoms with Gasteiger partial charge in [-0.1, -0.05) is 31.8 Å². The molecule has 0 radical (unpaired) electrons. The number of aryl methyl sites for hydroxylation is 2. The average Bonchev–Trinajstić information content (AvgIpc) is 3.44. The fourth-order valence-corrected chi connectivity index (χ4v) is 3.81. The van der Waals surface area contributed by atoms with Gasteiger partial charge in [0, 0.05) is 31.8 Å². The van der Waals surface area contributed by atoms with Gasteiger partial charge in [-0.3, -0.25) is 23.4 Å². The van der Waals surface area contributed by atoms with Crippen LogP contribution in [-0.4, -0.2) is 34.8 Å². The molecular formula is C25H26FN7O3. The van der Waals surface area contributed by atoms with Crippen LogP contribution in [0.1, 0.15) is 38.7 Å². The lowest BCUT2D eigenvalue weighted by molar-refractivity contribution is -0.115. The molecule has 3 aromatic heterocycles. The largest absolute Gasteiger partial charge is 0.332 e. The van der Waals surface area contributed by atoms with Crippen LogP contribution >= 0.6 is 0 Å². The van der Waals surface area contributed by atoms with Crippen molar-refractivity contribution in [3.63, 3.8) is 0 Å². The molecule has 0 aliphatic carbocycles. The van der Waals surface area contributed by atoms with Gasteiger partial charge in [-0.2, -0.15) is 5.10 Å². The molecule has 3 heterocycles. The first-order chi connectivity index (χ1) is 17.3. The molecule has 0 bridgehead atoms. The van der Waals surface area contributed by atoms with E-state index in [0.717, 1.165) is 0 Å². The zero-order chi connectivity index (χ0) is 25.8. The number of nitrogens with one attached hydrogen (secondary N) is 2. The van der Waals surface area contributed by atoms with Crippen LogP contribution in [0.15, 0.2) is 39.9 Å². The van der Waals surface area contributed by atoms with Crippen molar-refractivity contribution in [2.45, 2.75) is 46.2 Å². The van der Waals surface area contributed by atoms with E-state index in [1.165, 1.54) is 25.9 Å². The molecule has 0 fully saturated rings. The van der Waals surface area contributed by atoms with E-state index in [2.05, 4.69) is 32.2 Å². The maximum atomic E-state index is 13.3. The number of halogens is 1. The summed E-state index contributed by atoms with van der Waals surface area (Å²) in [6, 6.07) is 7.44. The number of aromatic nitrogens is 6. The molecule has 4 rings (SSSR count). The Bertz CT molecular complexity index is 1610. The molecule has 0 aliphatic rings. The first-order valence-corrected chi connectivity index (χ1v) is 11.6. The van der Waals surface area contributed by atoms with Gasteiger partial charge in [0.05, 0.1) is 6.42 Å². The summed E-state index contributed by atoms with van der Waals surface area (Å²) in [7, 11) is 1.65. The van der Waals surface area contributed by atoms with Crippen LogP contribution in [0, 0.1) is 17.7 Å². The van der Waals surface area contributed by atoms with Crippen LogP contribution in [0.5, 0.6) is 0 Å². The Kier molecular flexibility index (Phi) is 7.15. The number of anilines is 1. The van der Waals surface area contributed by atoms with Crippen LogP contribution in [0.25, 0.3) is 22.7 Å². The van der Waals surface area contributed by atoms with Gasteiger partial charge in [0.2, 0.25) is 5.91 Å². The lowest BCUT2D eigenvalue weighted by Gasteiger charge is -2.09. The Balaban J connectivity index is 1.60. The van der Waals surface area contributed by atoms with E-state index in [-0.39, 0.29) is 29.2 Å². The van der Waals surface area contributed by atoms with Gasteiger partial charge < -0.3 is 10.3 Å². The van der Waals surface area contributed by atoms with Crippen molar-refractivity contribution < 1.29 is 9.18 Å². The summed E-state index contributed by atoms with van der Waals surface area (Å²) in [6.07, 6.45) is 1.25. The minimum Gasteiger partial charge on any atom is -0.331 e. The quantitative estimate of drug-likeness (QED) is 0.385. The summed E-state index contributed by atoms with van der Waals surface area (Å²) in [5, 5.41) is 7.12. The maximum absolute atomic E-state index is 13.3. The molecule has 0 aliphatic heterocycles. The van der Waals surface area contributed by atoms with Crippen molar-refractivity contribution in [3.05, 3.63) is 62.6 Å². The number of nitrogens with zero attached hydrogens (tertiary/aromatic N) is 5. The van der Waals surface area contributed by atoms with E-state index in [4.69, 9.17) is 0 Å². The number of imidazole rings is 1. The molecule has 0 saturated carbocycles. The zero-order valence-corrected chi connectivity index (χ0v) is 20.3. The minimum absolute atomic E-state index is 0.0953. The van der Waals surface area contributed by atoms with Crippen molar-refractivity contribution in [3.8, 4) is 23.4 Å². The number of rotatable bonds is 7. The van der Waals surface area contributed by atoms with Crippen molar-refractivity contribution >= 4 is 22.9 Å². The highest BCUT2D eigenvalue weighted by Crippen LogP contribution is 2.21. The van der Waals surface area contributed by atoms with Gasteiger partial charge >= 0.3 is 5.69 Å². The Morgan fingerprint density at radius 3 is 2.61 bits per heavy atom. The number of carbonyl (C=O) groups is 1. The Hall–Kier alpha value is -4.46. The summed E-state index contributed by atoms with van der Waals surface area (Å²) in [4.78, 5) is 45.7. The van der Waals surface area contributed by atoms with Crippen molar-refractivity contribution in [1.29, 1.82) is 0 Å². The molecule has 2 N–H and O–H groups in total. The van der Waals surface area contributed by atoms with Gasteiger partial charge in [-0.25, -0.2) is 14.2 Å². The normalized spacial score (nSPS) is 10.9. The highest BCUT2D eigenvalue weighted by Gasteiger charge is 2.19. The number of benzene rings is 1. The fourth-order valence-electron chi connectivity index (χ4n) is 3.81. The number of hydrogen-bond acceptors (Lipinski definition) is 5. The first kappa shape index (κ1) is 24.7. The summed E-state index contributed by atoms with van der Waals surface area (Å²) in [6.45, 7) is 4.57.